The van der Waals surface area contributed by atoms with E-state index in [9.17, 15) is 36.7 Å². The zero-order chi connectivity index (χ0) is 60.0. The van der Waals surface area contributed by atoms with Crippen molar-refractivity contribution >= 4 is 75.8 Å². The van der Waals surface area contributed by atoms with Gasteiger partial charge < -0.3 is 44.2 Å². The van der Waals surface area contributed by atoms with Crippen molar-refractivity contribution in [3.05, 3.63) is 72.3 Å². The summed E-state index contributed by atoms with van der Waals surface area (Å²) >= 11 is 0. The third-order valence-electron chi connectivity index (χ3n) is 12.8. The first kappa shape index (κ1) is 61.6. The molecule has 0 atom stereocenters. The third kappa shape index (κ3) is 15.9. The number of ether oxygens (including phenoxy) is 3. The number of aromatic amines is 1. The Kier molecular flexibility index (Phi) is 19.1. The Balaban J connectivity index is 0.000000240. The number of nitrogens with one attached hydrogen (secondary N) is 3. The van der Waals surface area contributed by atoms with Crippen LogP contribution in [0.3, 0.4) is 0 Å². The van der Waals surface area contributed by atoms with E-state index in [4.69, 9.17) is 19.9 Å². The average Bonchev–Trinajstić information content (AvgIpc) is 4.37. The number of aromatic nitrogens is 10. The SMILES string of the molecule is CC(=O)N(C)CCCn1nc(-c2cnc3[nH]cc(C(=O)NC(C)(C)C)c3n2)c2cc(OC(F)F)ccc21.CC(=O)N(C)CCCn1nc(-c2cnc3c(n2)c(C(=O)NC(C)(C)C)cn3COCC[Si](C)(C)C)c2cc(OC(F)F)ccc21. The number of benzene rings is 2. The van der Waals surface area contributed by atoms with Crippen LogP contribution in [0.1, 0.15) is 88.9 Å². The number of nitrogens with zero attached hydrogens (tertiary/aromatic N) is 11. The van der Waals surface area contributed by atoms with Crippen LogP contribution in [0.2, 0.25) is 25.7 Å². The number of rotatable bonds is 21. The van der Waals surface area contributed by atoms with E-state index in [0.29, 0.717) is 124 Å². The van der Waals surface area contributed by atoms with Crippen molar-refractivity contribution in [2.45, 2.75) is 138 Å². The molecule has 0 aliphatic rings. The van der Waals surface area contributed by atoms with Gasteiger partial charge in [-0.05, 0) is 96.8 Å². The van der Waals surface area contributed by atoms with Crippen LogP contribution in [0, 0.1) is 0 Å². The lowest BCUT2D eigenvalue weighted by atomic mass is 10.1. The lowest BCUT2D eigenvalue weighted by Crippen LogP contribution is -2.40. The molecule has 4 amide bonds. The van der Waals surface area contributed by atoms with Gasteiger partial charge in [-0.2, -0.15) is 27.8 Å². The van der Waals surface area contributed by atoms with Crippen LogP contribution in [0.5, 0.6) is 11.5 Å². The molecule has 0 bridgehead atoms. The topological polar surface area (TPSA) is 234 Å². The second-order valence-corrected chi connectivity index (χ2v) is 28.8. The van der Waals surface area contributed by atoms with Gasteiger partial charge in [0.1, 0.15) is 52.0 Å². The molecule has 6 heterocycles. The van der Waals surface area contributed by atoms with Crippen molar-refractivity contribution < 1.29 is 51.0 Å². The molecule has 0 aliphatic carbocycles. The summed E-state index contributed by atoms with van der Waals surface area (Å²) in [7, 11) is 2.16. The number of hydrogen-bond acceptors (Lipinski definition) is 13. The van der Waals surface area contributed by atoms with Crippen molar-refractivity contribution in [1.82, 2.24) is 69.5 Å². The number of aryl methyl sites for hydroxylation is 2. The van der Waals surface area contributed by atoms with Gasteiger partial charge in [-0.25, -0.2) is 19.9 Å². The summed E-state index contributed by atoms with van der Waals surface area (Å²) in [6.07, 6.45) is 7.56. The summed E-state index contributed by atoms with van der Waals surface area (Å²) in [5, 5.41) is 16.5. The molecule has 82 heavy (non-hydrogen) atoms. The molecular formula is C56H72F4N14O7Si. The number of alkyl halides is 4. The molecule has 21 nitrogen and oxygen atoms in total. The van der Waals surface area contributed by atoms with E-state index in [1.54, 1.807) is 68.5 Å². The Morgan fingerprint density at radius 3 is 1.63 bits per heavy atom. The molecule has 6 aromatic heterocycles. The van der Waals surface area contributed by atoms with E-state index in [2.05, 4.69) is 59.7 Å². The maximum absolute atomic E-state index is 13.4. The first-order chi connectivity index (χ1) is 38.4. The van der Waals surface area contributed by atoms with Crippen LogP contribution in [-0.4, -0.2) is 149 Å². The normalized spacial score (nSPS) is 12.1. The molecule has 2 aromatic carbocycles. The van der Waals surface area contributed by atoms with Crippen LogP contribution < -0.4 is 20.1 Å². The standard InChI is InChI=1S/C31H43F2N7O4Si.C25H29F2N7O3/c1-20(41)38(5)12-9-13-40-25-11-10-21(44-30(32)33)16-22(25)26(37-40)24-17-34-28-27(35-24)23(29(42)36-31(2,3)4)18-39(28)19-43-14-15-45(6,7)8;1-14(35)33(5)9-6-10-34-19-8-7-15(37-24(26)27)11-16(19)20(32-34)18-13-29-22-21(30-18)17(12-28-22)23(36)31-25(2,3)4/h10-11,16-18,30H,9,12-15,19H2,1-8H3,(H,36,42);7-8,11-13,24H,6,9-10H2,1-5H3,(H,28,29)(H,31,36). The van der Waals surface area contributed by atoms with Gasteiger partial charge in [0.05, 0.1) is 34.6 Å². The van der Waals surface area contributed by atoms with Crippen LogP contribution >= 0.6 is 0 Å². The number of carbonyl (C=O) groups is 4. The molecule has 3 N–H and O–H groups in total. The fourth-order valence-electron chi connectivity index (χ4n) is 8.58. The fraction of sp³-hybridized carbons (Fsp3) is 0.464. The number of H-pyrrole nitrogens is 1. The van der Waals surface area contributed by atoms with Crippen LogP contribution in [0.25, 0.3) is 66.9 Å². The van der Waals surface area contributed by atoms with Crippen LogP contribution in [0.15, 0.2) is 61.2 Å². The molecule has 8 rings (SSSR count). The summed E-state index contributed by atoms with van der Waals surface area (Å²) in [6.45, 7) is 18.0. The molecular weight excluding hydrogens is 1080 g/mol. The Hall–Kier alpha value is -8.00. The van der Waals surface area contributed by atoms with Crippen molar-refractivity contribution in [3.8, 4) is 34.3 Å². The van der Waals surface area contributed by atoms with E-state index < -0.39 is 32.4 Å². The average molecular weight is 1160 g/mol. The quantitative estimate of drug-likeness (QED) is 0.0346. The highest BCUT2D eigenvalue weighted by Crippen LogP contribution is 2.34. The number of fused-ring (bicyclic) bond motifs is 4. The Labute approximate surface area is 473 Å². The van der Waals surface area contributed by atoms with Gasteiger partial charge in [0.25, 0.3) is 11.8 Å². The summed E-state index contributed by atoms with van der Waals surface area (Å²) in [5.74, 6) is -0.726. The second-order valence-electron chi connectivity index (χ2n) is 23.2. The zero-order valence-electron chi connectivity index (χ0n) is 48.6. The monoisotopic (exact) mass is 1160 g/mol. The summed E-state index contributed by atoms with van der Waals surface area (Å²) in [4.78, 5) is 74.2. The van der Waals surface area contributed by atoms with E-state index in [1.165, 1.54) is 44.3 Å². The maximum atomic E-state index is 13.4. The van der Waals surface area contributed by atoms with Gasteiger partial charge >= 0.3 is 13.2 Å². The Morgan fingerprint density at radius 2 is 1.17 bits per heavy atom. The largest absolute Gasteiger partial charge is 0.435 e. The lowest BCUT2D eigenvalue weighted by molar-refractivity contribution is -0.128. The Morgan fingerprint density at radius 1 is 0.695 bits per heavy atom. The minimum absolute atomic E-state index is 0.0134. The van der Waals surface area contributed by atoms with Gasteiger partial charge in [-0.3, -0.25) is 28.5 Å². The van der Waals surface area contributed by atoms with Gasteiger partial charge in [0.2, 0.25) is 11.8 Å². The summed E-state index contributed by atoms with van der Waals surface area (Å²) in [6, 6.07) is 10.2. The smallest absolute Gasteiger partial charge is 0.387 e. The Bertz CT molecular complexity index is 3600. The van der Waals surface area contributed by atoms with Crippen LogP contribution in [0.4, 0.5) is 17.6 Å². The first-order valence-corrected chi connectivity index (χ1v) is 30.4. The molecule has 8 aromatic rings. The number of halogens is 4. The summed E-state index contributed by atoms with van der Waals surface area (Å²) < 4.78 is 72.5. The molecule has 0 fully saturated rings. The predicted octanol–water partition coefficient (Wildman–Crippen LogP) is 9.73. The fourth-order valence-corrected chi connectivity index (χ4v) is 9.34. The van der Waals surface area contributed by atoms with Gasteiger partial charge in [-0.15, -0.1) is 0 Å². The van der Waals surface area contributed by atoms with Crippen LogP contribution in [-0.2, 0) is 34.1 Å². The van der Waals surface area contributed by atoms with Crippen molar-refractivity contribution in [2.75, 3.05) is 33.8 Å². The van der Waals surface area contributed by atoms with Gasteiger partial charge in [0, 0.05) is 103 Å². The van der Waals surface area contributed by atoms with Gasteiger partial charge in [0.15, 0.2) is 11.3 Å². The molecule has 0 unspecified atom stereocenters. The highest BCUT2D eigenvalue weighted by Gasteiger charge is 2.26. The summed E-state index contributed by atoms with van der Waals surface area (Å²) in [5.41, 5.74) is 4.28. The molecule has 0 saturated carbocycles. The van der Waals surface area contributed by atoms with Crippen molar-refractivity contribution in [2.24, 2.45) is 0 Å². The lowest BCUT2D eigenvalue weighted by Gasteiger charge is -2.20. The number of hydrogen-bond donors (Lipinski definition) is 3. The van der Waals surface area contributed by atoms with E-state index in [-0.39, 0.29) is 41.9 Å². The van der Waals surface area contributed by atoms with Crippen molar-refractivity contribution in [3.63, 3.8) is 0 Å². The molecule has 0 radical (unpaired) electrons. The highest BCUT2D eigenvalue weighted by molar-refractivity contribution is 6.76. The molecule has 0 spiro atoms. The van der Waals surface area contributed by atoms with E-state index >= 15 is 0 Å². The highest BCUT2D eigenvalue weighted by atomic mass is 28.3. The van der Waals surface area contributed by atoms with Gasteiger partial charge in [-0.1, -0.05) is 19.6 Å². The number of carbonyl (C=O) groups excluding carboxylic acids is 4. The van der Waals surface area contributed by atoms with E-state index in [0.717, 1.165) is 6.04 Å². The maximum Gasteiger partial charge on any atom is 0.387 e. The molecule has 0 aliphatic heterocycles. The van der Waals surface area contributed by atoms with E-state index in [1.807, 2.05) is 41.5 Å². The zero-order valence-corrected chi connectivity index (χ0v) is 49.6. The molecule has 0 saturated heterocycles. The predicted molar refractivity (Wildman–Crippen MR) is 307 cm³/mol. The van der Waals surface area contributed by atoms with Crippen molar-refractivity contribution in [1.29, 1.82) is 0 Å². The third-order valence-corrected chi connectivity index (χ3v) is 14.5. The minimum atomic E-state index is -2.99. The second kappa shape index (κ2) is 25.4. The number of amides is 4. The minimum Gasteiger partial charge on any atom is -0.435 e. The molecule has 440 valence electrons. The first-order valence-electron chi connectivity index (χ1n) is 26.7. The molecule has 26 heteroatoms.